The van der Waals surface area contributed by atoms with Crippen LogP contribution >= 0.6 is 12.4 Å². The Balaban J connectivity index is 0.00000225. The summed E-state index contributed by atoms with van der Waals surface area (Å²) in [6.45, 7) is 5.39. The minimum absolute atomic E-state index is 0. The van der Waals surface area contributed by atoms with Crippen molar-refractivity contribution in [2.75, 3.05) is 26.2 Å². The molecule has 2 fully saturated rings. The maximum atomic E-state index is 12.3. The largest absolute Gasteiger partial charge is 0.469 e. The van der Waals surface area contributed by atoms with Crippen LogP contribution in [-0.4, -0.2) is 48.9 Å². The standard InChI is InChI=1S/C18H27N3O3.ClH/c1-13-16(7-11-24-13)18(23)20-15-5-9-21(10-6-15)17(22)3-2-14-4-8-19-12-14;/h7,11,14-15,19H,2-6,8-10,12H2,1H3,(H,20,23);1H. The Labute approximate surface area is 155 Å². The molecule has 2 N–H and O–H groups in total. The van der Waals surface area contributed by atoms with Crippen molar-refractivity contribution in [2.24, 2.45) is 5.92 Å². The number of carbonyl (C=O) groups is 2. The van der Waals surface area contributed by atoms with Crippen LogP contribution < -0.4 is 10.6 Å². The number of hydrogen-bond donors (Lipinski definition) is 2. The van der Waals surface area contributed by atoms with E-state index in [2.05, 4.69) is 10.6 Å². The number of nitrogens with zero attached hydrogens (tertiary/aromatic N) is 1. The van der Waals surface area contributed by atoms with Gasteiger partial charge in [-0.2, -0.15) is 0 Å². The number of piperidine rings is 1. The minimum Gasteiger partial charge on any atom is -0.469 e. The molecule has 0 spiro atoms. The van der Waals surface area contributed by atoms with E-state index in [0.29, 0.717) is 23.7 Å². The average molecular weight is 370 g/mol. The fraction of sp³-hybridized carbons (Fsp3) is 0.667. The van der Waals surface area contributed by atoms with Crippen LogP contribution in [0.3, 0.4) is 0 Å². The third kappa shape index (κ3) is 5.22. The summed E-state index contributed by atoms with van der Waals surface area (Å²) < 4.78 is 5.17. The van der Waals surface area contributed by atoms with Crippen LogP contribution in [0.4, 0.5) is 0 Å². The van der Waals surface area contributed by atoms with Gasteiger partial charge in [-0.25, -0.2) is 0 Å². The lowest BCUT2D eigenvalue weighted by Gasteiger charge is -2.32. The first-order valence-electron chi connectivity index (χ1n) is 8.97. The van der Waals surface area contributed by atoms with E-state index in [9.17, 15) is 9.59 Å². The van der Waals surface area contributed by atoms with Crippen LogP contribution in [0.15, 0.2) is 16.7 Å². The Hall–Kier alpha value is -1.53. The fourth-order valence-electron chi connectivity index (χ4n) is 3.60. The van der Waals surface area contributed by atoms with Gasteiger partial charge in [0.25, 0.3) is 5.91 Å². The highest BCUT2D eigenvalue weighted by atomic mass is 35.5. The molecule has 0 saturated carbocycles. The van der Waals surface area contributed by atoms with Crippen molar-refractivity contribution in [1.82, 2.24) is 15.5 Å². The van der Waals surface area contributed by atoms with E-state index in [1.807, 2.05) is 4.90 Å². The van der Waals surface area contributed by atoms with Crippen molar-refractivity contribution < 1.29 is 14.0 Å². The highest BCUT2D eigenvalue weighted by Crippen LogP contribution is 2.18. The summed E-state index contributed by atoms with van der Waals surface area (Å²) in [6.07, 6.45) is 6.00. The van der Waals surface area contributed by atoms with Crippen LogP contribution in [0.2, 0.25) is 0 Å². The quantitative estimate of drug-likeness (QED) is 0.833. The van der Waals surface area contributed by atoms with E-state index < -0.39 is 0 Å². The number of rotatable bonds is 5. The molecular weight excluding hydrogens is 342 g/mol. The number of furan rings is 1. The summed E-state index contributed by atoms with van der Waals surface area (Å²) in [6, 6.07) is 1.83. The van der Waals surface area contributed by atoms with Gasteiger partial charge in [-0.1, -0.05) is 0 Å². The van der Waals surface area contributed by atoms with Crippen molar-refractivity contribution in [3.63, 3.8) is 0 Å². The van der Waals surface area contributed by atoms with Gasteiger partial charge in [-0.15, -0.1) is 12.4 Å². The molecule has 1 unspecified atom stereocenters. The second kappa shape index (κ2) is 9.25. The molecular formula is C18H28ClN3O3. The number of nitrogens with one attached hydrogen (secondary N) is 2. The first-order valence-corrected chi connectivity index (χ1v) is 8.97. The zero-order valence-corrected chi connectivity index (χ0v) is 15.6. The number of amides is 2. The van der Waals surface area contributed by atoms with Crippen LogP contribution in [0.1, 0.15) is 48.2 Å². The second-order valence-corrected chi connectivity index (χ2v) is 6.92. The molecule has 2 aliphatic heterocycles. The molecule has 0 aliphatic carbocycles. The lowest BCUT2D eigenvalue weighted by atomic mass is 10.0. The zero-order chi connectivity index (χ0) is 16.9. The first kappa shape index (κ1) is 19.8. The Morgan fingerprint density at radius 1 is 1.32 bits per heavy atom. The topological polar surface area (TPSA) is 74.6 Å². The van der Waals surface area contributed by atoms with Crippen molar-refractivity contribution in [3.05, 3.63) is 23.7 Å². The van der Waals surface area contributed by atoms with E-state index in [0.717, 1.165) is 45.4 Å². The van der Waals surface area contributed by atoms with E-state index >= 15 is 0 Å². The molecule has 1 atom stereocenters. The van der Waals surface area contributed by atoms with E-state index in [-0.39, 0.29) is 30.3 Å². The van der Waals surface area contributed by atoms with E-state index in [1.165, 1.54) is 12.7 Å². The molecule has 1 aromatic rings. The predicted molar refractivity (Wildman–Crippen MR) is 98.0 cm³/mol. The van der Waals surface area contributed by atoms with E-state index in [1.54, 1.807) is 13.0 Å². The molecule has 140 valence electrons. The van der Waals surface area contributed by atoms with Gasteiger partial charge >= 0.3 is 0 Å². The number of carbonyl (C=O) groups excluding carboxylic acids is 2. The first-order chi connectivity index (χ1) is 11.6. The van der Waals surface area contributed by atoms with Crippen LogP contribution in [-0.2, 0) is 4.79 Å². The highest BCUT2D eigenvalue weighted by Gasteiger charge is 2.25. The molecule has 0 aromatic carbocycles. The van der Waals surface area contributed by atoms with Gasteiger partial charge in [-0.3, -0.25) is 9.59 Å². The molecule has 3 heterocycles. The van der Waals surface area contributed by atoms with Gasteiger partial charge in [0.1, 0.15) is 5.76 Å². The maximum Gasteiger partial charge on any atom is 0.255 e. The molecule has 3 rings (SSSR count). The van der Waals surface area contributed by atoms with Gasteiger partial charge < -0.3 is 20.0 Å². The summed E-state index contributed by atoms with van der Waals surface area (Å²) >= 11 is 0. The van der Waals surface area contributed by atoms with Gasteiger partial charge in [0, 0.05) is 25.6 Å². The SMILES string of the molecule is Cc1occc1C(=O)NC1CCN(C(=O)CCC2CCNC2)CC1.Cl. The monoisotopic (exact) mass is 369 g/mol. The molecule has 0 radical (unpaired) electrons. The Morgan fingerprint density at radius 2 is 2.08 bits per heavy atom. The molecule has 2 amide bonds. The molecule has 0 bridgehead atoms. The van der Waals surface area contributed by atoms with Crippen LogP contribution in [0.5, 0.6) is 0 Å². The van der Waals surface area contributed by atoms with Gasteiger partial charge in [0.2, 0.25) is 5.91 Å². The Bertz CT molecular complexity index is 576. The lowest BCUT2D eigenvalue weighted by Crippen LogP contribution is -2.46. The molecule has 7 heteroatoms. The summed E-state index contributed by atoms with van der Waals surface area (Å²) in [5, 5.41) is 6.40. The number of halogens is 1. The summed E-state index contributed by atoms with van der Waals surface area (Å²) in [5.41, 5.74) is 0.596. The number of likely N-dealkylation sites (tertiary alicyclic amines) is 1. The molecule has 2 aliphatic rings. The Morgan fingerprint density at radius 3 is 2.68 bits per heavy atom. The van der Waals surface area contributed by atoms with Crippen molar-refractivity contribution in [3.8, 4) is 0 Å². The normalized spacial score (nSPS) is 21.0. The second-order valence-electron chi connectivity index (χ2n) is 6.92. The summed E-state index contributed by atoms with van der Waals surface area (Å²) in [4.78, 5) is 26.5. The van der Waals surface area contributed by atoms with Crippen molar-refractivity contribution in [1.29, 1.82) is 0 Å². The summed E-state index contributed by atoms with van der Waals surface area (Å²) in [7, 11) is 0. The molecule has 25 heavy (non-hydrogen) atoms. The molecule has 1 aromatic heterocycles. The highest BCUT2D eigenvalue weighted by molar-refractivity contribution is 5.95. The van der Waals surface area contributed by atoms with Crippen LogP contribution in [0.25, 0.3) is 0 Å². The smallest absolute Gasteiger partial charge is 0.255 e. The lowest BCUT2D eigenvalue weighted by molar-refractivity contribution is -0.132. The third-order valence-electron chi connectivity index (χ3n) is 5.22. The number of hydrogen-bond acceptors (Lipinski definition) is 4. The molecule has 2 saturated heterocycles. The zero-order valence-electron chi connectivity index (χ0n) is 14.8. The summed E-state index contributed by atoms with van der Waals surface area (Å²) in [5.74, 6) is 1.47. The third-order valence-corrected chi connectivity index (χ3v) is 5.22. The van der Waals surface area contributed by atoms with Gasteiger partial charge in [-0.05, 0) is 57.7 Å². The maximum absolute atomic E-state index is 12.3. The molecule has 6 nitrogen and oxygen atoms in total. The number of aryl methyl sites for hydroxylation is 1. The van der Waals surface area contributed by atoms with Crippen molar-refractivity contribution >= 4 is 24.2 Å². The minimum atomic E-state index is -0.0836. The van der Waals surface area contributed by atoms with Crippen LogP contribution in [0, 0.1) is 12.8 Å². The van der Waals surface area contributed by atoms with Gasteiger partial charge in [0.15, 0.2) is 0 Å². The van der Waals surface area contributed by atoms with Crippen molar-refractivity contribution in [2.45, 2.75) is 45.1 Å². The van der Waals surface area contributed by atoms with Gasteiger partial charge in [0.05, 0.1) is 11.8 Å². The van der Waals surface area contributed by atoms with E-state index in [4.69, 9.17) is 4.42 Å². The average Bonchev–Trinajstić information content (AvgIpc) is 3.24. The Kier molecular flexibility index (Phi) is 7.32. The fourth-order valence-corrected chi connectivity index (χ4v) is 3.60. The predicted octanol–water partition coefficient (Wildman–Crippen LogP) is 2.12.